The van der Waals surface area contributed by atoms with E-state index >= 15 is 0 Å². The van der Waals surface area contributed by atoms with Crippen molar-refractivity contribution in [1.29, 1.82) is 0 Å². The van der Waals surface area contributed by atoms with Crippen molar-refractivity contribution in [2.45, 2.75) is 38.6 Å². The van der Waals surface area contributed by atoms with Crippen molar-refractivity contribution in [3.8, 4) is 0 Å². The molecule has 0 saturated carbocycles. The molecule has 0 atom stereocenters. The molecule has 0 aromatic heterocycles. The molecule has 2 rings (SSSR count). The Hall–Kier alpha value is -1.27. The third-order valence-corrected chi connectivity index (χ3v) is 3.83. The van der Waals surface area contributed by atoms with Crippen LogP contribution in [-0.2, 0) is 17.5 Å². The van der Waals surface area contributed by atoms with Crippen LogP contribution >= 0.6 is 0 Å². The van der Waals surface area contributed by atoms with E-state index in [9.17, 15) is 13.2 Å². The van der Waals surface area contributed by atoms with E-state index in [2.05, 4.69) is 0 Å². The molecule has 118 valence electrons. The summed E-state index contributed by atoms with van der Waals surface area (Å²) in [5.74, 6) is 0. The van der Waals surface area contributed by atoms with Gasteiger partial charge in [0.25, 0.3) is 0 Å². The standard InChI is InChI=1S/C15H21F3N2O/c1-2-21-13-5-7-20(8-6-13)12-4-3-11(10-19)14(9-12)15(16,17)18/h3-4,9,13H,2,5-8,10,19H2,1H3. The zero-order valence-electron chi connectivity index (χ0n) is 12.1. The average Bonchev–Trinajstić information content (AvgIpc) is 2.47. The van der Waals surface area contributed by atoms with E-state index in [1.165, 1.54) is 12.1 Å². The summed E-state index contributed by atoms with van der Waals surface area (Å²) in [5, 5.41) is 0. The maximum absolute atomic E-state index is 13.1. The monoisotopic (exact) mass is 302 g/mol. The van der Waals surface area contributed by atoms with Crippen LogP contribution in [0, 0.1) is 0 Å². The number of piperidine rings is 1. The van der Waals surface area contributed by atoms with E-state index in [1.54, 1.807) is 6.07 Å². The van der Waals surface area contributed by atoms with Crippen LogP contribution in [0.1, 0.15) is 30.9 Å². The topological polar surface area (TPSA) is 38.5 Å². The highest BCUT2D eigenvalue weighted by Gasteiger charge is 2.33. The Bertz CT molecular complexity index is 468. The first-order valence-corrected chi connectivity index (χ1v) is 7.22. The van der Waals surface area contributed by atoms with Crippen molar-refractivity contribution in [2.75, 3.05) is 24.6 Å². The molecule has 1 aromatic rings. The predicted molar refractivity (Wildman–Crippen MR) is 76.2 cm³/mol. The van der Waals surface area contributed by atoms with Crippen molar-refractivity contribution in [3.05, 3.63) is 29.3 Å². The molecule has 1 saturated heterocycles. The minimum Gasteiger partial charge on any atom is -0.378 e. The quantitative estimate of drug-likeness (QED) is 0.928. The van der Waals surface area contributed by atoms with Crippen LogP contribution < -0.4 is 10.6 Å². The maximum atomic E-state index is 13.1. The van der Waals surface area contributed by atoms with E-state index in [0.29, 0.717) is 25.4 Å². The van der Waals surface area contributed by atoms with Crippen molar-refractivity contribution in [3.63, 3.8) is 0 Å². The zero-order valence-corrected chi connectivity index (χ0v) is 12.1. The lowest BCUT2D eigenvalue weighted by molar-refractivity contribution is -0.138. The second-order valence-electron chi connectivity index (χ2n) is 5.19. The summed E-state index contributed by atoms with van der Waals surface area (Å²) in [4.78, 5) is 1.98. The highest BCUT2D eigenvalue weighted by molar-refractivity contribution is 5.52. The van der Waals surface area contributed by atoms with Gasteiger partial charge in [-0.3, -0.25) is 0 Å². The molecule has 0 aliphatic carbocycles. The van der Waals surface area contributed by atoms with Crippen LogP contribution in [0.25, 0.3) is 0 Å². The SMILES string of the molecule is CCOC1CCN(c2ccc(CN)c(C(F)(F)F)c2)CC1. The van der Waals surface area contributed by atoms with Crippen LogP contribution in [0.3, 0.4) is 0 Å². The van der Waals surface area contributed by atoms with Crippen LogP contribution in [0.15, 0.2) is 18.2 Å². The Kier molecular flexibility index (Phi) is 5.11. The van der Waals surface area contributed by atoms with Gasteiger partial charge in [0.2, 0.25) is 0 Å². The minimum atomic E-state index is -4.37. The maximum Gasteiger partial charge on any atom is 0.416 e. The van der Waals surface area contributed by atoms with Crippen molar-refractivity contribution in [2.24, 2.45) is 5.73 Å². The summed E-state index contributed by atoms with van der Waals surface area (Å²) in [6, 6.07) is 4.41. The van der Waals surface area contributed by atoms with Crippen LogP contribution in [-0.4, -0.2) is 25.8 Å². The number of rotatable bonds is 4. The summed E-state index contributed by atoms with van der Waals surface area (Å²) >= 11 is 0. The van der Waals surface area contributed by atoms with E-state index in [0.717, 1.165) is 12.8 Å². The Morgan fingerprint density at radius 1 is 1.29 bits per heavy atom. The van der Waals surface area contributed by atoms with Crippen LogP contribution in [0.4, 0.5) is 18.9 Å². The Labute approximate surface area is 122 Å². The highest BCUT2D eigenvalue weighted by atomic mass is 19.4. The summed E-state index contributed by atoms with van der Waals surface area (Å²) in [6.45, 7) is 3.94. The Morgan fingerprint density at radius 2 is 1.95 bits per heavy atom. The molecule has 1 fully saturated rings. The van der Waals surface area contributed by atoms with Crippen molar-refractivity contribution in [1.82, 2.24) is 0 Å². The van der Waals surface area contributed by atoms with Gasteiger partial charge < -0.3 is 15.4 Å². The molecule has 1 aromatic carbocycles. The number of halogens is 3. The van der Waals surface area contributed by atoms with E-state index in [-0.39, 0.29) is 18.2 Å². The number of alkyl halides is 3. The normalized spacial score (nSPS) is 17.3. The summed E-state index contributed by atoms with van der Waals surface area (Å²) in [7, 11) is 0. The molecular weight excluding hydrogens is 281 g/mol. The number of hydrogen-bond donors (Lipinski definition) is 1. The lowest BCUT2D eigenvalue weighted by atomic mass is 10.0. The van der Waals surface area contributed by atoms with Gasteiger partial charge >= 0.3 is 6.18 Å². The number of hydrogen-bond acceptors (Lipinski definition) is 3. The molecule has 0 spiro atoms. The second-order valence-corrected chi connectivity index (χ2v) is 5.19. The molecule has 1 aliphatic rings. The first kappa shape index (κ1) is 16.1. The molecule has 2 N–H and O–H groups in total. The number of ether oxygens (including phenoxy) is 1. The largest absolute Gasteiger partial charge is 0.416 e. The van der Waals surface area contributed by atoms with Gasteiger partial charge in [-0.05, 0) is 37.5 Å². The van der Waals surface area contributed by atoms with Gasteiger partial charge in [0.05, 0.1) is 11.7 Å². The fourth-order valence-electron chi connectivity index (χ4n) is 2.72. The molecule has 0 amide bonds. The molecule has 3 nitrogen and oxygen atoms in total. The molecular formula is C15H21F3N2O. The Balaban J connectivity index is 2.15. The third kappa shape index (κ3) is 3.89. The van der Waals surface area contributed by atoms with E-state index in [4.69, 9.17) is 10.5 Å². The van der Waals surface area contributed by atoms with Gasteiger partial charge in [0, 0.05) is 31.9 Å². The molecule has 6 heteroatoms. The van der Waals surface area contributed by atoms with Crippen molar-refractivity contribution >= 4 is 5.69 Å². The highest BCUT2D eigenvalue weighted by Crippen LogP contribution is 2.35. The first-order valence-electron chi connectivity index (χ1n) is 7.22. The summed E-state index contributed by atoms with van der Waals surface area (Å²) in [6.07, 6.45) is -2.47. The van der Waals surface area contributed by atoms with Gasteiger partial charge in [-0.2, -0.15) is 13.2 Å². The summed E-state index contributed by atoms with van der Waals surface area (Å²) < 4.78 is 44.7. The van der Waals surface area contributed by atoms with Crippen LogP contribution in [0.2, 0.25) is 0 Å². The van der Waals surface area contributed by atoms with Gasteiger partial charge in [0.15, 0.2) is 0 Å². The predicted octanol–water partition coefficient (Wildman–Crippen LogP) is 3.17. The fraction of sp³-hybridized carbons (Fsp3) is 0.600. The first-order chi connectivity index (χ1) is 9.95. The number of nitrogens with two attached hydrogens (primary N) is 1. The van der Waals surface area contributed by atoms with Gasteiger partial charge in [0.1, 0.15) is 0 Å². The zero-order chi connectivity index (χ0) is 15.5. The average molecular weight is 302 g/mol. The van der Waals surface area contributed by atoms with Crippen LogP contribution in [0.5, 0.6) is 0 Å². The fourth-order valence-corrected chi connectivity index (χ4v) is 2.72. The second kappa shape index (κ2) is 6.66. The molecule has 1 heterocycles. The molecule has 0 bridgehead atoms. The minimum absolute atomic E-state index is 0.110. The van der Waals surface area contributed by atoms with E-state index < -0.39 is 11.7 Å². The van der Waals surface area contributed by atoms with Gasteiger partial charge in [-0.25, -0.2) is 0 Å². The number of nitrogens with zero attached hydrogens (tertiary/aromatic N) is 1. The molecule has 0 radical (unpaired) electrons. The van der Waals surface area contributed by atoms with E-state index in [1.807, 2.05) is 11.8 Å². The van der Waals surface area contributed by atoms with Crippen molar-refractivity contribution < 1.29 is 17.9 Å². The smallest absolute Gasteiger partial charge is 0.378 e. The molecule has 1 aliphatic heterocycles. The lowest BCUT2D eigenvalue weighted by Gasteiger charge is -2.34. The van der Waals surface area contributed by atoms with Gasteiger partial charge in [-0.15, -0.1) is 0 Å². The number of anilines is 1. The lowest BCUT2D eigenvalue weighted by Crippen LogP contribution is -2.37. The molecule has 21 heavy (non-hydrogen) atoms. The van der Waals surface area contributed by atoms with Gasteiger partial charge in [-0.1, -0.05) is 6.07 Å². The molecule has 0 unspecified atom stereocenters. The number of benzene rings is 1. The Morgan fingerprint density at radius 3 is 2.48 bits per heavy atom. The summed E-state index contributed by atoms with van der Waals surface area (Å²) in [5.41, 5.74) is 5.51. The third-order valence-electron chi connectivity index (χ3n) is 3.83.